The number of benzene rings is 1. The molecule has 0 radical (unpaired) electrons. The highest BCUT2D eigenvalue weighted by Crippen LogP contribution is 2.24. The first-order valence-electron chi connectivity index (χ1n) is 7.29. The number of anilines is 1. The van der Waals surface area contributed by atoms with E-state index in [0.29, 0.717) is 12.6 Å². The van der Waals surface area contributed by atoms with Gasteiger partial charge in [0.25, 0.3) is 0 Å². The Morgan fingerprint density at radius 1 is 1.33 bits per heavy atom. The summed E-state index contributed by atoms with van der Waals surface area (Å²) in [6.45, 7) is 2.45. The first-order chi connectivity index (χ1) is 10.2. The summed E-state index contributed by atoms with van der Waals surface area (Å²) in [6.07, 6.45) is 3.95. The van der Waals surface area contributed by atoms with E-state index in [1.54, 1.807) is 4.68 Å². The fraction of sp³-hybridized carbons (Fsp3) is 0.467. The molecule has 1 saturated heterocycles. The van der Waals surface area contributed by atoms with Gasteiger partial charge >= 0.3 is 0 Å². The van der Waals surface area contributed by atoms with E-state index >= 15 is 0 Å². The molecule has 1 fully saturated rings. The van der Waals surface area contributed by atoms with Crippen LogP contribution in [0, 0.1) is 0 Å². The Morgan fingerprint density at radius 2 is 2.14 bits per heavy atom. The summed E-state index contributed by atoms with van der Waals surface area (Å²) in [5.41, 5.74) is 7.97. The van der Waals surface area contributed by atoms with Crippen LogP contribution >= 0.6 is 0 Å². The molecule has 2 N–H and O–H groups in total. The van der Waals surface area contributed by atoms with Crippen molar-refractivity contribution in [1.29, 1.82) is 0 Å². The van der Waals surface area contributed by atoms with E-state index in [1.807, 2.05) is 25.4 Å². The molecule has 6 heteroatoms. The Morgan fingerprint density at radius 3 is 2.86 bits per heavy atom. The van der Waals surface area contributed by atoms with E-state index in [1.165, 1.54) is 5.69 Å². The molecule has 0 bridgehead atoms. The molecule has 0 amide bonds. The van der Waals surface area contributed by atoms with Gasteiger partial charge in [-0.05, 0) is 25.0 Å². The molecule has 1 aliphatic rings. The smallest absolute Gasteiger partial charge is 0.134 e. The minimum atomic E-state index is 0.345. The zero-order valence-electron chi connectivity index (χ0n) is 12.3. The summed E-state index contributed by atoms with van der Waals surface area (Å²) in [5, 5.41) is 7.91. The largest absolute Gasteiger partial charge is 0.487 e. The molecule has 0 aliphatic carbocycles. The van der Waals surface area contributed by atoms with Crippen molar-refractivity contribution in [3.05, 3.63) is 36.2 Å². The van der Waals surface area contributed by atoms with Crippen LogP contribution < -0.4 is 15.4 Å². The van der Waals surface area contributed by atoms with Gasteiger partial charge in [0.2, 0.25) is 0 Å². The predicted octanol–water partition coefficient (Wildman–Crippen LogP) is 1.32. The van der Waals surface area contributed by atoms with Crippen molar-refractivity contribution in [1.82, 2.24) is 15.0 Å². The number of hydrogen-bond donors (Lipinski definition) is 1. The lowest BCUT2D eigenvalue weighted by Gasteiger charge is -2.32. The van der Waals surface area contributed by atoms with Gasteiger partial charge in [0.15, 0.2) is 0 Å². The minimum absolute atomic E-state index is 0.345. The molecule has 0 spiro atoms. The van der Waals surface area contributed by atoms with E-state index in [9.17, 15) is 0 Å². The summed E-state index contributed by atoms with van der Waals surface area (Å²) < 4.78 is 7.46. The Kier molecular flexibility index (Phi) is 4.06. The molecule has 3 rings (SSSR count). The van der Waals surface area contributed by atoms with Gasteiger partial charge in [-0.25, -0.2) is 0 Å². The van der Waals surface area contributed by atoms with Gasteiger partial charge in [-0.15, -0.1) is 5.10 Å². The van der Waals surface area contributed by atoms with E-state index in [0.717, 1.165) is 37.4 Å². The summed E-state index contributed by atoms with van der Waals surface area (Å²) in [5.74, 6) is 0.855. The van der Waals surface area contributed by atoms with Crippen molar-refractivity contribution >= 4 is 5.69 Å². The SMILES string of the molecule is Cn1cc(COc2cccc(N3CCC(N)CC3)c2)nn1. The molecule has 0 unspecified atom stereocenters. The Bertz CT molecular complexity index is 589. The van der Waals surface area contributed by atoms with Gasteiger partial charge in [0.1, 0.15) is 18.1 Å². The van der Waals surface area contributed by atoms with Crippen LogP contribution in [0.15, 0.2) is 30.5 Å². The fourth-order valence-corrected chi connectivity index (χ4v) is 2.55. The zero-order valence-corrected chi connectivity index (χ0v) is 12.3. The van der Waals surface area contributed by atoms with E-state index in [-0.39, 0.29) is 0 Å². The molecule has 2 aromatic rings. The van der Waals surface area contributed by atoms with Gasteiger partial charge < -0.3 is 15.4 Å². The normalized spacial score (nSPS) is 16.2. The van der Waals surface area contributed by atoms with Gasteiger partial charge in [0.05, 0.1) is 6.20 Å². The van der Waals surface area contributed by atoms with Gasteiger partial charge in [0, 0.05) is 37.9 Å². The topological polar surface area (TPSA) is 69.2 Å². The Balaban J connectivity index is 1.63. The second-order valence-corrected chi connectivity index (χ2v) is 5.49. The molecule has 2 heterocycles. The number of nitrogens with zero attached hydrogens (tertiary/aromatic N) is 4. The molecule has 1 aliphatic heterocycles. The molecule has 6 nitrogen and oxygen atoms in total. The van der Waals surface area contributed by atoms with Crippen molar-refractivity contribution in [3.63, 3.8) is 0 Å². The maximum atomic E-state index is 5.95. The third-order valence-corrected chi connectivity index (χ3v) is 3.76. The molecular formula is C15H21N5O. The highest BCUT2D eigenvalue weighted by molar-refractivity contribution is 5.51. The van der Waals surface area contributed by atoms with Crippen molar-refractivity contribution in [2.75, 3.05) is 18.0 Å². The average Bonchev–Trinajstić information content (AvgIpc) is 2.92. The zero-order chi connectivity index (χ0) is 14.7. The number of hydrogen-bond acceptors (Lipinski definition) is 5. The van der Waals surface area contributed by atoms with E-state index < -0.39 is 0 Å². The monoisotopic (exact) mass is 287 g/mol. The van der Waals surface area contributed by atoms with Crippen LogP contribution in [0.25, 0.3) is 0 Å². The quantitative estimate of drug-likeness (QED) is 0.918. The molecule has 1 aromatic carbocycles. The Labute approximate surface area is 124 Å². The summed E-state index contributed by atoms with van der Waals surface area (Å²) in [6, 6.07) is 8.53. The maximum Gasteiger partial charge on any atom is 0.134 e. The lowest BCUT2D eigenvalue weighted by Crippen LogP contribution is -2.39. The summed E-state index contributed by atoms with van der Waals surface area (Å²) in [4.78, 5) is 2.36. The van der Waals surface area contributed by atoms with Crippen molar-refractivity contribution in [3.8, 4) is 5.75 Å². The molecule has 0 atom stereocenters. The number of rotatable bonds is 4. The van der Waals surface area contributed by atoms with Crippen LogP contribution in [-0.4, -0.2) is 34.1 Å². The van der Waals surface area contributed by atoms with Crippen LogP contribution in [0.3, 0.4) is 0 Å². The summed E-state index contributed by atoms with van der Waals surface area (Å²) >= 11 is 0. The summed E-state index contributed by atoms with van der Waals surface area (Å²) in [7, 11) is 1.85. The average molecular weight is 287 g/mol. The lowest BCUT2D eigenvalue weighted by atomic mass is 10.1. The van der Waals surface area contributed by atoms with E-state index in [4.69, 9.17) is 10.5 Å². The number of ether oxygens (including phenoxy) is 1. The Hall–Kier alpha value is -2.08. The molecule has 0 saturated carbocycles. The third-order valence-electron chi connectivity index (χ3n) is 3.76. The first kappa shape index (κ1) is 13.9. The van der Waals surface area contributed by atoms with Crippen LogP contribution in [0.2, 0.25) is 0 Å². The number of nitrogens with two attached hydrogens (primary N) is 1. The van der Waals surface area contributed by atoms with Gasteiger partial charge in [-0.1, -0.05) is 11.3 Å². The molecule has 1 aromatic heterocycles. The second kappa shape index (κ2) is 6.13. The van der Waals surface area contributed by atoms with E-state index in [2.05, 4.69) is 27.3 Å². The fourth-order valence-electron chi connectivity index (χ4n) is 2.55. The van der Waals surface area contributed by atoms with Gasteiger partial charge in [-0.3, -0.25) is 4.68 Å². The third kappa shape index (κ3) is 3.52. The van der Waals surface area contributed by atoms with Crippen LogP contribution in [-0.2, 0) is 13.7 Å². The van der Waals surface area contributed by atoms with Gasteiger partial charge in [-0.2, -0.15) is 0 Å². The van der Waals surface area contributed by atoms with Crippen molar-refractivity contribution < 1.29 is 4.74 Å². The maximum absolute atomic E-state index is 5.95. The molecule has 21 heavy (non-hydrogen) atoms. The lowest BCUT2D eigenvalue weighted by molar-refractivity contribution is 0.301. The second-order valence-electron chi connectivity index (χ2n) is 5.49. The minimum Gasteiger partial charge on any atom is -0.487 e. The predicted molar refractivity (Wildman–Crippen MR) is 81.2 cm³/mol. The van der Waals surface area contributed by atoms with Crippen molar-refractivity contribution in [2.45, 2.75) is 25.5 Å². The number of aryl methyl sites for hydroxylation is 1. The van der Waals surface area contributed by atoms with Crippen molar-refractivity contribution in [2.24, 2.45) is 12.8 Å². The molecular weight excluding hydrogens is 266 g/mol. The van der Waals surface area contributed by atoms with Crippen LogP contribution in [0.4, 0.5) is 5.69 Å². The standard InChI is InChI=1S/C15H21N5O/c1-19-10-13(17-18-19)11-21-15-4-2-3-14(9-15)20-7-5-12(16)6-8-20/h2-4,9-10,12H,5-8,11,16H2,1H3. The van der Waals surface area contributed by atoms with Crippen LogP contribution in [0.5, 0.6) is 5.75 Å². The highest BCUT2D eigenvalue weighted by Gasteiger charge is 2.16. The number of piperidine rings is 1. The van der Waals surface area contributed by atoms with Crippen LogP contribution in [0.1, 0.15) is 18.5 Å². The highest BCUT2D eigenvalue weighted by atomic mass is 16.5. The molecule has 112 valence electrons. The first-order valence-corrected chi connectivity index (χ1v) is 7.29. The number of aromatic nitrogens is 3.